The van der Waals surface area contributed by atoms with E-state index in [1.807, 2.05) is 6.26 Å². The van der Waals surface area contributed by atoms with Crippen molar-refractivity contribution in [3.8, 4) is 0 Å². The van der Waals surface area contributed by atoms with Gasteiger partial charge in [-0.3, -0.25) is 0 Å². The van der Waals surface area contributed by atoms with Crippen molar-refractivity contribution in [1.29, 1.82) is 0 Å². The van der Waals surface area contributed by atoms with Crippen LogP contribution >= 0.6 is 23.4 Å². The molecule has 0 unspecified atom stereocenters. The molecule has 1 aromatic heterocycles. The molecule has 1 aliphatic heterocycles. The third-order valence-electron chi connectivity index (χ3n) is 2.55. The van der Waals surface area contributed by atoms with Crippen molar-refractivity contribution in [2.24, 2.45) is 0 Å². The van der Waals surface area contributed by atoms with Gasteiger partial charge in [-0.15, -0.1) is 0 Å². The highest BCUT2D eigenvalue weighted by molar-refractivity contribution is 7.98. The fourth-order valence-electron chi connectivity index (χ4n) is 1.74. The van der Waals surface area contributed by atoms with Gasteiger partial charge in [0.1, 0.15) is 11.0 Å². The molecule has 0 amide bonds. The van der Waals surface area contributed by atoms with Gasteiger partial charge in [0, 0.05) is 18.7 Å². The van der Waals surface area contributed by atoms with E-state index in [1.54, 1.807) is 6.07 Å². The van der Waals surface area contributed by atoms with Crippen LogP contribution in [0.25, 0.3) is 0 Å². The Balaban J connectivity index is 1.94. The van der Waals surface area contributed by atoms with Gasteiger partial charge in [-0.05, 0) is 25.6 Å². The lowest BCUT2D eigenvalue weighted by Gasteiger charge is -2.12. The van der Waals surface area contributed by atoms with Crippen molar-refractivity contribution in [2.75, 3.05) is 24.7 Å². The molecule has 0 aromatic carbocycles. The van der Waals surface area contributed by atoms with Crippen LogP contribution in [0.15, 0.2) is 11.2 Å². The fraction of sp³-hybridized carbons (Fsp3) is 0.600. The Morgan fingerprint density at radius 3 is 3.19 bits per heavy atom. The molecule has 1 atom stereocenters. The standard InChI is InChI=1S/C10H15ClN4S/c1-16-10-14-8(11)5-9(15-10)13-6-7-3-2-4-12-7/h5,7,12H,2-4,6H2,1H3,(H,13,14,15)/t7-/m0/s1. The summed E-state index contributed by atoms with van der Waals surface area (Å²) in [5.74, 6) is 0.804. The summed E-state index contributed by atoms with van der Waals surface area (Å²) in [7, 11) is 0. The summed E-state index contributed by atoms with van der Waals surface area (Å²) in [5, 5.41) is 7.91. The lowest BCUT2D eigenvalue weighted by atomic mass is 10.2. The third kappa shape index (κ3) is 3.23. The minimum absolute atomic E-state index is 0.487. The zero-order valence-electron chi connectivity index (χ0n) is 9.16. The SMILES string of the molecule is CSc1nc(Cl)cc(NC[C@@H]2CCCN2)n1. The van der Waals surface area contributed by atoms with Crippen LogP contribution in [0.4, 0.5) is 5.82 Å². The fourth-order valence-corrected chi connectivity index (χ4v) is 2.35. The first-order valence-electron chi connectivity index (χ1n) is 5.34. The van der Waals surface area contributed by atoms with Crippen LogP contribution < -0.4 is 10.6 Å². The molecule has 6 heteroatoms. The van der Waals surface area contributed by atoms with Crippen LogP contribution in [-0.4, -0.2) is 35.4 Å². The molecule has 1 aromatic rings. The Bertz CT molecular complexity index is 355. The quantitative estimate of drug-likeness (QED) is 0.492. The van der Waals surface area contributed by atoms with Crippen molar-refractivity contribution in [3.05, 3.63) is 11.2 Å². The van der Waals surface area contributed by atoms with Gasteiger partial charge in [0.05, 0.1) is 0 Å². The number of rotatable bonds is 4. The molecular weight excluding hydrogens is 244 g/mol. The normalized spacial score (nSPS) is 20.0. The van der Waals surface area contributed by atoms with Crippen molar-refractivity contribution >= 4 is 29.2 Å². The van der Waals surface area contributed by atoms with Crippen LogP contribution in [0.1, 0.15) is 12.8 Å². The molecule has 0 bridgehead atoms. The third-order valence-corrected chi connectivity index (χ3v) is 3.29. The monoisotopic (exact) mass is 258 g/mol. The second-order valence-electron chi connectivity index (χ2n) is 3.74. The highest BCUT2D eigenvalue weighted by Crippen LogP contribution is 2.17. The first kappa shape index (κ1) is 12.0. The Labute approximate surface area is 105 Å². The summed E-state index contributed by atoms with van der Waals surface area (Å²) in [4.78, 5) is 8.44. The largest absolute Gasteiger partial charge is 0.368 e. The Morgan fingerprint density at radius 2 is 2.50 bits per heavy atom. The minimum atomic E-state index is 0.487. The highest BCUT2D eigenvalue weighted by atomic mass is 35.5. The molecule has 1 saturated heterocycles. The van der Waals surface area contributed by atoms with E-state index in [1.165, 1.54) is 24.6 Å². The number of nitrogens with zero attached hydrogens (tertiary/aromatic N) is 2. The second-order valence-corrected chi connectivity index (χ2v) is 4.90. The van der Waals surface area contributed by atoms with Crippen LogP contribution in [0.3, 0.4) is 0 Å². The molecule has 88 valence electrons. The predicted molar refractivity (Wildman–Crippen MR) is 68.3 cm³/mol. The van der Waals surface area contributed by atoms with Gasteiger partial charge < -0.3 is 10.6 Å². The maximum Gasteiger partial charge on any atom is 0.190 e. The van der Waals surface area contributed by atoms with E-state index in [9.17, 15) is 0 Å². The van der Waals surface area contributed by atoms with Crippen LogP contribution in [0.5, 0.6) is 0 Å². The van der Waals surface area contributed by atoms with Crippen LogP contribution in [0, 0.1) is 0 Å². The zero-order chi connectivity index (χ0) is 11.4. The molecule has 0 saturated carbocycles. The lowest BCUT2D eigenvalue weighted by Crippen LogP contribution is -2.29. The Kier molecular flexibility index (Phi) is 4.26. The van der Waals surface area contributed by atoms with E-state index in [-0.39, 0.29) is 0 Å². The number of hydrogen-bond donors (Lipinski definition) is 2. The lowest BCUT2D eigenvalue weighted by molar-refractivity contribution is 0.632. The van der Waals surface area contributed by atoms with Crippen LogP contribution in [-0.2, 0) is 0 Å². The summed E-state index contributed by atoms with van der Waals surface area (Å²) in [6.07, 6.45) is 4.42. The van der Waals surface area contributed by atoms with Crippen molar-refractivity contribution in [2.45, 2.75) is 24.0 Å². The van der Waals surface area contributed by atoms with Gasteiger partial charge >= 0.3 is 0 Å². The molecule has 2 N–H and O–H groups in total. The van der Waals surface area contributed by atoms with E-state index in [2.05, 4.69) is 20.6 Å². The zero-order valence-corrected chi connectivity index (χ0v) is 10.7. The molecule has 2 heterocycles. The molecule has 1 aliphatic rings. The minimum Gasteiger partial charge on any atom is -0.368 e. The smallest absolute Gasteiger partial charge is 0.190 e. The average Bonchev–Trinajstić information content (AvgIpc) is 2.78. The van der Waals surface area contributed by atoms with E-state index in [0.29, 0.717) is 16.4 Å². The molecule has 0 spiro atoms. The molecule has 2 rings (SSSR count). The van der Waals surface area contributed by atoms with Crippen LogP contribution in [0.2, 0.25) is 5.15 Å². The first-order valence-corrected chi connectivity index (χ1v) is 6.94. The molecular formula is C10H15ClN4S. The van der Waals surface area contributed by atoms with E-state index in [0.717, 1.165) is 18.9 Å². The van der Waals surface area contributed by atoms with Gasteiger partial charge in [-0.25, -0.2) is 9.97 Å². The maximum absolute atomic E-state index is 5.90. The Morgan fingerprint density at radius 1 is 1.62 bits per heavy atom. The number of aromatic nitrogens is 2. The maximum atomic E-state index is 5.90. The number of hydrogen-bond acceptors (Lipinski definition) is 5. The second kappa shape index (κ2) is 5.70. The van der Waals surface area contributed by atoms with Crippen molar-refractivity contribution in [3.63, 3.8) is 0 Å². The van der Waals surface area contributed by atoms with E-state index < -0.39 is 0 Å². The molecule has 1 fully saturated rings. The van der Waals surface area contributed by atoms with Crippen molar-refractivity contribution < 1.29 is 0 Å². The number of halogens is 1. The summed E-state index contributed by atoms with van der Waals surface area (Å²) >= 11 is 7.40. The summed E-state index contributed by atoms with van der Waals surface area (Å²) < 4.78 is 0. The van der Waals surface area contributed by atoms with E-state index in [4.69, 9.17) is 11.6 Å². The van der Waals surface area contributed by atoms with Crippen molar-refractivity contribution in [1.82, 2.24) is 15.3 Å². The summed E-state index contributed by atoms with van der Waals surface area (Å²) in [6, 6.07) is 2.31. The molecule has 4 nitrogen and oxygen atoms in total. The van der Waals surface area contributed by atoms with Gasteiger partial charge in [0.15, 0.2) is 5.16 Å². The number of nitrogens with one attached hydrogen (secondary N) is 2. The average molecular weight is 259 g/mol. The van der Waals surface area contributed by atoms with Gasteiger partial charge in [-0.1, -0.05) is 23.4 Å². The number of thioether (sulfide) groups is 1. The predicted octanol–water partition coefficient (Wildman–Crippen LogP) is 2.02. The molecule has 0 aliphatic carbocycles. The number of anilines is 1. The van der Waals surface area contributed by atoms with E-state index >= 15 is 0 Å². The summed E-state index contributed by atoms with van der Waals surface area (Å²) in [5.41, 5.74) is 0. The summed E-state index contributed by atoms with van der Waals surface area (Å²) in [6.45, 7) is 2.01. The van der Waals surface area contributed by atoms with Gasteiger partial charge in [-0.2, -0.15) is 0 Å². The molecule has 16 heavy (non-hydrogen) atoms. The van der Waals surface area contributed by atoms with Gasteiger partial charge in [0.2, 0.25) is 0 Å². The topological polar surface area (TPSA) is 49.8 Å². The van der Waals surface area contributed by atoms with Gasteiger partial charge in [0.25, 0.3) is 0 Å². The Hall–Kier alpha value is -0.520. The molecule has 0 radical (unpaired) electrons. The highest BCUT2D eigenvalue weighted by Gasteiger charge is 2.13. The first-order chi connectivity index (χ1) is 7.78.